The Bertz CT molecular complexity index is 1720. The Kier molecular flexibility index (Phi) is 4.60. The van der Waals surface area contributed by atoms with E-state index >= 15 is 0 Å². The first-order valence-electron chi connectivity index (χ1n) is 12.3. The first-order valence-corrected chi connectivity index (χ1v) is 15.3. The first kappa shape index (κ1) is 21.0. The molecule has 0 saturated heterocycles. The Labute approximate surface area is 211 Å². The summed E-state index contributed by atoms with van der Waals surface area (Å²) in [5.74, 6) is 0. The fraction of sp³-hybridized carbons (Fsp3) is 0.0625. The minimum atomic E-state index is -1.78. The minimum absolute atomic E-state index is 0.945. The molecule has 0 spiro atoms. The van der Waals surface area contributed by atoms with Crippen LogP contribution in [0.25, 0.3) is 32.9 Å². The van der Waals surface area contributed by atoms with Crippen molar-refractivity contribution in [2.24, 2.45) is 0 Å². The number of fused-ring (bicyclic) bond motifs is 5. The molecule has 0 radical (unpaired) electrons. The molecule has 0 bridgehead atoms. The third-order valence-corrected chi connectivity index (χ3v) is 11.1. The molecule has 0 N–H and O–H groups in total. The van der Waals surface area contributed by atoms with Crippen LogP contribution in [-0.4, -0.2) is 18.0 Å². The van der Waals surface area contributed by atoms with Gasteiger partial charge in [0.1, 0.15) is 8.07 Å². The van der Waals surface area contributed by atoms with Crippen LogP contribution in [0.2, 0.25) is 13.1 Å². The topological polar surface area (TPSA) is 29.0 Å². The summed E-state index contributed by atoms with van der Waals surface area (Å²) in [4.78, 5) is 11.7. The summed E-state index contributed by atoms with van der Waals surface area (Å²) in [7, 11) is -1.78. The molecule has 0 amide bonds. The molecule has 2 aromatic heterocycles. The van der Waals surface area contributed by atoms with E-state index in [1.807, 2.05) is 18.5 Å². The Morgan fingerprint density at radius 1 is 0.583 bits per heavy atom. The number of nitrogens with zero attached hydrogens (tertiary/aromatic N) is 3. The van der Waals surface area contributed by atoms with E-state index in [9.17, 15) is 0 Å². The molecule has 0 aliphatic carbocycles. The number of anilines is 3. The van der Waals surface area contributed by atoms with Crippen molar-refractivity contribution in [3.63, 3.8) is 0 Å². The highest BCUT2D eigenvalue weighted by Crippen LogP contribution is 2.39. The minimum Gasteiger partial charge on any atom is -0.311 e. The zero-order valence-electron chi connectivity index (χ0n) is 20.3. The van der Waals surface area contributed by atoms with Gasteiger partial charge < -0.3 is 4.90 Å². The van der Waals surface area contributed by atoms with Gasteiger partial charge in [-0.3, -0.25) is 9.97 Å². The van der Waals surface area contributed by atoms with Crippen molar-refractivity contribution in [1.82, 2.24) is 9.97 Å². The fourth-order valence-corrected chi connectivity index (χ4v) is 8.73. The predicted molar refractivity (Wildman–Crippen MR) is 154 cm³/mol. The van der Waals surface area contributed by atoms with Gasteiger partial charge in [0.15, 0.2) is 0 Å². The van der Waals surface area contributed by atoms with Crippen LogP contribution in [0.3, 0.4) is 0 Å². The lowest BCUT2D eigenvalue weighted by Crippen LogP contribution is -2.58. The number of benzene rings is 4. The highest BCUT2D eigenvalue weighted by Gasteiger charge is 2.38. The Balaban J connectivity index is 1.37. The Hall–Kier alpha value is -4.28. The quantitative estimate of drug-likeness (QED) is 0.197. The highest BCUT2D eigenvalue weighted by atomic mass is 28.3. The van der Waals surface area contributed by atoms with Crippen molar-refractivity contribution in [2.45, 2.75) is 13.1 Å². The summed E-state index contributed by atoms with van der Waals surface area (Å²) in [5.41, 5.74) is 8.01. The maximum Gasteiger partial charge on any atom is 0.117 e. The maximum absolute atomic E-state index is 4.68. The normalized spacial score (nSPS) is 14.0. The molecule has 0 atom stereocenters. The molecular formula is C32H25N3Si. The van der Waals surface area contributed by atoms with Crippen molar-refractivity contribution in [3.8, 4) is 11.1 Å². The molecular weight excluding hydrogens is 454 g/mol. The van der Waals surface area contributed by atoms with Gasteiger partial charge in [0.2, 0.25) is 0 Å². The number of rotatable bonds is 2. The first-order chi connectivity index (χ1) is 17.6. The number of hydrogen-bond acceptors (Lipinski definition) is 3. The van der Waals surface area contributed by atoms with E-state index in [2.05, 4.69) is 125 Å². The second-order valence-electron chi connectivity index (χ2n) is 9.94. The molecule has 36 heavy (non-hydrogen) atoms. The zero-order valence-corrected chi connectivity index (χ0v) is 21.3. The van der Waals surface area contributed by atoms with E-state index in [0.29, 0.717) is 0 Å². The molecule has 4 heteroatoms. The Morgan fingerprint density at radius 3 is 1.97 bits per heavy atom. The van der Waals surface area contributed by atoms with Crippen LogP contribution in [0.5, 0.6) is 0 Å². The molecule has 1 aliphatic heterocycles. The molecule has 172 valence electrons. The van der Waals surface area contributed by atoms with Gasteiger partial charge in [-0.25, -0.2) is 0 Å². The lowest BCUT2D eigenvalue weighted by atomic mass is 9.99. The molecule has 4 aromatic carbocycles. The standard InChI is InChI=1S/C32H25N3Si/c1-36(2)29-11-5-3-9-27(29)35(28-10-4-6-12-30(28)36)24-16-13-22(14-17-24)25-19-21-34-32-26(25)18-15-23-8-7-20-33-31(23)32/h3-21H,1-2H3. The lowest BCUT2D eigenvalue weighted by Gasteiger charge is -2.41. The van der Waals surface area contributed by atoms with E-state index < -0.39 is 8.07 Å². The van der Waals surface area contributed by atoms with Crippen molar-refractivity contribution >= 4 is 57.3 Å². The van der Waals surface area contributed by atoms with Crippen LogP contribution in [0.15, 0.2) is 116 Å². The third-order valence-electron chi connectivity index (χ3n) is 7.56. The molecule has 3 heterocycles. The second-order valence-corrected chi connectivity index (χ2v) is 14.3. The number of pyridine rings is 2. The SMILES string of the molecule is C[Si]1(C)c2ccccc2N(c2ccc(-c3ccnc4c3ccc3cccnc34)cc2)c2ccccc21. The monoisotopic (exact) mass is 479 g/mol. The van der Waals surface area contributed by atoms with Crippen molar-refractivity contribution < 1.29 is 0 Å². The summed E-state index contributed by atoms with van der Waals surface area (Å²) < 4.78 is 0. The largest absolute Gasteiger partial charge is 0.311 e. The summed E-state index contributed by atoms with van der Waals surface area (Å²) >= 11 is 0. The molecule has 0 unspecified atom stereocenters. The van der Waals surface area contributed by atoms with Gasteiger partial charge >= 0.3 is 0 Å². The summed E-state index contributed by atoms with van der Waals surface area (Å²) in [6.07, 6.45) is 3.73. The van der Waals surface area contributed by atoms with Crippen molar-refractivity contribution in [2.75, 3.05) is 4.90 Å². The van der Waals surface area contributed by atoms with Crippen molar-refractivity contribution in [3.05, 3.63) is 116 Å². The molecule has 0 saturated carbocycles. The molecule has 7 rings (SSSR count). The van der Waals surface area contributed by atoms with Crippen molar-refractivity contribution in [1.29, 1.82) is 0 Å². The second kappa shape index (κ2) is 7.87. The number of para-hydroxylation sites is 2. The Morgan fingerprint density at radius 2 is 1.25 bits per heavy atom. The van der Waals surface area contributed by atoms with Gasteiger partial charge in [-0.1, -0.05) is 79.8 Å². The molecule has 1 aliphatic rings. The maximum atomic E-state index is 4.68. The van der Waals surface area contributed by atoms with E-state index in [1.54, 1.807) is 0 Å². The lowest BCUT2D eigenvalue weighted by molar-refractivity contribution is 1.29. The molecule has 3 nitrogen and oxygen atoms in total. The number of aromatic nitrogens is 2. The van der Waals surface area contributed by atoms with Crippen LogP contribution in [0, 0.1) is 0 Å². The average Bonchev–Trinajstić information content (AvgIpc) is 2.93. The van der Waals surface area contributed by atoms with E-state index in [-0.39, 0.29) is 0 Å². The predicted octanol–water partition coefficient (Wildman–Crippen LogP) is 7.06. The summed E-state index contributed by atoms with van der Waals surface area (Å²) in [6, 6.07) is 37.2. The summed E-state index contributed by atoms with van der Waals surface area (Å²) in [5, 5.41) is 5.19. The molecule has 0 fully saturated rings. The van der Waals surface area contributed by atoms with Crippen LogP contribution < -0.4 is 15.3 Å². The average molecular weight is 480 g/mol. The van der Waals surface area contributed by atoms with Gasteiger partial charge in [-0.2, -0.15) is 0 Å². The van der Waals surface area contributed by atoms with Gasteiger partial charge in [0.05, 0.1) is 11.0 Å². The number of hydrogen-bond donors (Lipinski definition) is 0. The highest BCUT2D eigenvalue weighted by molar-refractivity contribution is 7.02. The van der Waals surface area contributed by atoms with E-state index in [1.165, 1.54) is 38.6 Å². The third kappa shape index (κ3) is 3.04. The zero-order chi connectivity index (χ0) is 24.3. The van der Waals surface area contributed by atoms with Crippen LogP contribution in [-0.2, 0) is 0 Å². The van der Waals surface area contributed by atoms with E-state index in [4.69, 9.17) is 0 Å². The smallest absolute Gasteiger partial charge is 0.117 e. The van der Waals surface area contributed by atoms with Gasteiger partial charge in [-0.05, 0) is 57.9 Å². The van der Waals surface area contributed by atoms with Crippen LogP contribution >= 0.6 is 0 Å². The van der Waals surface area contributed by atoms with Crippen LogP contribution in [0.4, 0.5) is 17.1 Å². The van der Waals surface area contributed by atoms with Gasteiger partial charge in [0, 0.05) is 40.2 Å². The van der Waals surface area contributed by atoms with Gasteiger partial charge in [-0.15, -0.1) is 0 Å². The van der Waals surface area contributed by atoms with Gasteiger partial charge in [0.25, 0.3) is 0 Å². The fourth-order valence-electron chi connectivity index (χ4n) is 5.74. The van der Waals surface area contributed by atoms with E-state index in [0.717, 1.165) is 21.8 Å². The van der Waals surface area contributed by atoms with Crippen LogP contribution in [0.1, 0.15) is 0 Å². The molecule has 6 aromatic rings. The summed E-state index contributed by atoms with van der Waals surface area (Å²) in [6.45, 7) is 4.91.